The molecule has 1 unspecified atom stereocenters. The van der Waals surface area contributed by atoms with E-state index in [4.69, 9.17) is 4.74 Å². The van der Waals surface area contributed by atoms with E-state index in [0.717, 1.165) is 16.8 Å². The minimum Gasteiger partial charge on any atom is -0.507 e. The van der Waals surface area contributed by atoms with Crippen LogP contribution in [-0.4, -0.2) is 37.0 Å². The molecular formula is C28H25FN2O4. The molecule has 2 heterocycles. The van der Waals surface area contributed by atoms with E-state index in [0.29, 0.717) is 35.7 Å². The molecular weight excluding hydrogens is 447 g/mol. The van der Waals surface area contributed by atoms with Crippen LogP contribution in [0.5, 0.6) is 5.75 Å². The summed E-state index contributed by atoms with van der Waals surface area (Å²) in [6, 6.07) is 15.3. The monoisotopic (exact) mass is 472 g/mol. The zero-order valence-electron chi connectivity index (χ0n) is 19.7. The number of nitrogens with zero attached hydrogens (tertiary/aromatic N) is 2. The lowest BCUT2D eigenvalue weighted by molar-refractivity contribution is -0.132. The van der Waals surface area contributed by atoms with Crippen molar-refractivity contribution in [3.63, 3.8) is 0 Å². The molecule has 6 nitrogen and oxygen atoms in total. The van der Waals surface area contributed by atoms with Gasteiger partial charge < -0.3 is 14.7 Å². The Balaban J connectivity index is 1.70. The van der Waals surface area contributed by atoms with Crippen molar-refractivity contribution < 1.29 is 23.8 Å². The van der Waals surface area contributed by atoms with Gasteiger partial charge >= 0.3 is 0 Å². The fraction of sp³-hybridized carbons (Fsp3) is 0.214. The number of anilines is 2. The number of carbonyl (C=O) groups excluding carboxylic acids is 2. The lowest BCUT2D eigenvalue weighted by atomic mass is 9.94. The number of aliphatic hydroxyl groups excluding tert-OH is 1. The zero-order chi connectivity index (χ0) is 24.9. The van der Waals surface area contributed by atoms with Gasteiger partial charge in [0.2, 0.25) is 0 Å². The van der Waals surface area contributed by atoms with Gasteiger partial charge in [-0.25, -0.2) is 4.39 Å². The molecule has 0 bridgehead atoms. The Bertz CT molecular complexity index is 1380. The zero-order valence-corrected chi connectivity index (χ0v) is 19.7. The first-order chi connectivity index (χ1) is 16.8. The molecule has 35 heavy (non-hydrogen) atoms. The van der Waals surface area contributed by atoms with Crippen LogP contribution in [0, 0.1) is 19.7 Å². The number of fused-ring (bicyclic) bond motifs is 1. The van der Waals surface area contributed by atoms with E-state index < -0.39 is 23.5 Å². The van der Waals surface area contributed by atoms with E-state index in [1.165, 1.54) is 29.2 Å². The molecule has 3 aromatic carbocycles. The summed E-state index contributed by atoms with van der Waals surface area (Å²) in [6.07, 6.45) is 0. The number of likely N-dealkylation sites (N-methyl/N-ethyl adjacent to an activating group) is 1. The van der Waals surface area contributed by atoms with Crippen molar-refractivity contribution in [3.05, 3.63) is 94.3 Å². The third kappa shape index (κ3) is 3.83. The molecule has 0 spiro atoms. The van der Waals surface area contributed by atoms with Crippen molar-refractivity contribution in [1.82, 2.24) is 0 Å². The normalized spacial score (nSPS) is 19.0. The topological polar surface area (TPSA) is 70.1 Å². The van der Waals surface area contributed by atoms with Crippen LogP contribution in [-0.2, 0) is 9.59 Å². The lowest BCUT2D eigenvalue weighted by Gasteiger charge is -2.28. The van der Waals surface area contributed by atoms with Crippen LogP contribution < -0.4 is 14.5 Å². The minimum absolute atomic E-state index is 0.0424. The molecule has 0 radical (unpaired) electrons. The van der Waals surface area contributed by atoms with Gasteiger partial charge in [-0.1, -0.05) is 18.2 Å². The van der Waals surface area contributed by atoms with Gasteiger partial charge in [-0.2, -0.15) is 0 Å². The molecule has 2 aliphatic rings. The minimum atomic E-state index is -0.914. The highest BCUT2D eigenvalue weighted by molar-refractivity contribution is 6.51. The summed E-state index contributed by atoms with van der Waals surface area (Å²) in [5, 5.41) is 11.4. The number of aryl methyl sites for hydroxylation is 2. The van der Waals surface area contributed by atoms with E-state index in [2.05, 4.69) is 0 Å². The van der Waals surface area contributed by atoms with Gasteiger partial charge in [0.1, 0.15) is 23.9 Å². The van der Waals surface area contributed by atoms with Crippen LogP contribution in [0.4, 0.5) is 15.8 Å². The molecule has 0 saturated carbocycles. The third-order valence-electron chi connectivity index (χ3n) is 6.73. The molecule has 2 aliphatic heterocycles. The molecule has 7 heteroatoms. The molecule has 3 aromatic rings. The van der Waals surface area contributed by atoms with Crippen LogP contribution in [0.15, 0.2) is 66.2 Å². The van der Waals surface area contributed by atoms with Gasteiger partial charge in [0.25, 0.3) is 11.7 Å². The van der Waals surface area contributed by atoms with E-state index in [-0.39, 0.29) is 11.3 Å². The maximum atomic E-state index is 13.7. The highest BCUT2D eigenvalue weighted by Gasteiger charge is 2.47. The molecule has 1 amide bonds. The number of ether oxygens (including phenoxy) is 1. The van der Waals surface area contributed by atoms with Gasteiger partial charge in [0, 0.05) is 18.3 Å². The Labute approximate surface area is 202 Å². The largest absolute Gasteiger partial charge is 0.507 e. The number of hydrogen-bond donors (Lipinski definition) is 1. The summed E-state index contributed by atoms with van der Waals surface area (Å²) in [4.78, 5) is 30.0. The SMILES string of the molecule is Cc1ccc(N2C(=O)C(=O)/C(=C(\O)c3ccc4c(c3)N(C)CCO4)C2c2ccc(F)cc2)cc1C. The van der Waals surface area contributed by atoms with Crippen molar-refractivity contribution in [2.45, 2.75) is 19.9 Å². The second-order valence-electron chi connectivity index (χ2n) is 8.94. The van der Waals surface area contributed by atoms with Gasteiger partial charge in [0.05, 0.1) is 23.8 Å². The van der Waals surface area contributed by atoms with Gasteiger partial charge in [0.15, 0.2) is 0 Å². The van der Waals surface area contributed by atoms with E-state index in [9.17, 15) is 19.1 Å². The maximum Gasteiger partial charge on any atom is 0.300 e. The van der Waals surface area contributed by atoms with Crippen LogP contribution in [0.3, 0.4) is 0 Å². The van der Waals surface area contributed by atoms with Crippen molar-refractivity contribution in [2.24, 2.45) is 0 Å². The third-order valence-corrected chi connectivity index (χ3v) is 6.73. The van der Waals surface area contributed by atoms with Crippen molar-refractivity contribution >= 4 is 28.8 Å². The molecule has 1 fully saturated rings. The van der Waals surface area contributed by atoms with Crippen molar-refractivity contribution in [3.8, 4) is 5.75 Å². The standard InChI is InChI=1S/C28H25FN2O4/c1-16-4-10-21(14-17(16)2)31-25(18-5-8-20(29)9-6-18)24(27(33)28(31)34)26(32)19-7-11-23-22(15-19)30(3)12-13-35-23/h4-11,14-15,25,32H,12-13H2,1-3H3/b26-24-. The molecule has 5 rings (SSSR count). The number of carbonyl (C=O) groups is 2. The Morgan fingerprint density at radius 2 is 1.74 bits per heavy atom. The predicted molar refractivity (Wildman–Crippen MR) is 132 cm³/mol. The highest BCUT2D eigenvalue weighted by atomic mass is 19.1. The van der Waals surface area contributed by atoms with Gasteiger partial charge in [-0.15, -0.1) is 0 Å². The van der Waals surface area contributed by atoms with E-state index in [1.807, 2.05) is 37.9 Å². The second-order valence-corrected chi connectivity index (χ2v) is 8.94. The number of Topliss-reactive ketones (excluding diaryl/α,β-unsaturated/α-hetero) is 1. The number of amides is 1. The van der Waals surface area contributed by atoms with E-state index in [1.54, 1.807) is 24.3 Å². The quantitative estimate of drug-likeness (QED) is 0.334. The van der Waals surface area contributed by atoms with Crippen LogP contribution in [0.1, 0.15) is 28.3 Å². The number of ketones is 1. The Morgan fingerprint density at radius 1 is 1.00 bits per heavy atom. The average molecular weight is 473 g/mol. The van der Waals surface area contributed by atoms with Crippen molar-refractivity contribution in [1.29, 1.82) is 0 Å². The van der Waals surface area contributed by atoms with E-state index >= 15 is 0 Å². The molecule has 178 valence electrons. The first-order valence-electron chi connectivity index (χ1n) is 11.4. The Morgan fingerprint density at radius 3 is 2.46 bits per heavy atom. The predicted octanol–water partition coefficient (Wildman–Crippen LogP) is 4.90. The Hall–Kier alpha value is -4.13. The summed E-state index contributed by atoms with van der Waals surface area (Å²) >= 11 is 0. The van der Waals surface area contributed by atoms with Crippen molar-refractivity contribution in [2.75, 3.05) is 30.0 Å². The van der Waals surface area contributed by atoms with Gasteiger partial charge in [-0.3, -0.25) is 14.5 Å². The van der Waals surface area contributed by atoms with Gasteiger partial charge in [-0.05, 0) is 73.0 Å². The molecule has 0 aliphatic carbocycles. The van der Waals surface area contributed by atoms with Crippen LogP contribution in [0.2, 0.25) is 0 Å². The number of halogens is 1. The summed E-state index contributed by atoms with van der Waals surface area (Å²) in [6.45, 7) is 5.12. The first kappa shape index (κ1) is 22.7. The highest BCUT2D eigenvalue weighted by Crippen LogP contribution is 2.43. The number of aliphatic hydroxyl groups is 1. The fourth-order valence-corrected chi connectivity index (χ4v) is 4.59. The number of benzene rings is 3. The molecule has 0 aromatic heterocycles. The molecule has 1 N–H and O–H groups in total. The summed E-state index contributed by atoms with van der Waals surface area (Å²) in [5.74, 6) is -1.58. The summed E-state index contributed by atoms with van der Waals surface area (Å²) in [7, 11) is 1.92. The summed E-state index contributed by atoms with van der Waals surface area (Å²) < 4.78 is 19.4. The van der Waals surface area contributed by atoms with Crippen LogP contribution >= 0.6 is 0 Å². The fourth-order valence-electron chi connectivity index (χ4n) is 4.59. The summed E-state index contributed by atoms with van der Waals surface area (Å²) in [5.41, 5.74) is 4.18. The smallest absolute Gasteiger partial charge is 0.300 e. The first-order valence-corrected chi connectivity index (χ1v) is 11.4. The maximum absolute atomic E-state index is 13.7. The average Bonchev–Trinajstić information content (AvgIpc) is 3.11. The van der Waals surface area contributed by atoms with Crippen LogP contribution in [0.25, 0.3) is 5.76 Å². The second kappa shape index (κ2) is 8.58. The molecule has 1 saturated heterocycles. The number of rotatable bonds is 3. The lowest BCUT2D eigenvalue weighted by Crippen LogP contribution is -2.29. The number of hydrogen-bond acceptors (Lipinski definition) is 5. The molecule has 1 atom stereocenters. The Kier molecular flexibility index (Phi) is 5.55.